The highest BCUT2D eigenvalue weighted by molar-refractivity contribution is 6.09. The van der Waals surface area contributed by atoms with Crippen LogP contribution in [0.15, 0.2) is 140 Å². The second-order valence-electron chi connectivity index (χ2n) is 11.2. The van der Waals surface area contributed by atoms with E-state index in [1.165, 1.54) is 18.3 Å². The van der Waals surface area contributed by atoms with E-state index in [0.29, 0.717) is 46.3 Å². The summed E-state index contributed by atoms with van der Waals surface area (Å²) in [5.74, 6) is 4.69. The van der Waals surface area contributed by atoms with Gasteiger partial charge in [0.1, 0.15) is 34.5 Å². The number of benzene rings is 4. The third-order valence-corrected chi connectivity index (χ3v) is 7.61. The van der Waals surface area contributed by atoms with E-state index in [0.717, 1.165) is 27.4 Å². The SMILES string of the molecule is [2H]C([2H])([2H])c1ccc(Oc2cccc(Oc3ccc4c5ccc(Oc6cccc(Oc7ccc(C)cn7)c6)cc5n(-c5ncccn5)c4c3)c2)nc1. The van der Waals surface area contributed by atoms with Gasteiger partial charge in [-0.3, -0.25) is 4.57 Å². The number of aryl methyl sites for hydroxylation is 2. The lowest BCUT2D eigenvalue weighted by atomic mass is 10.1. The zero-order valence-corrected chi connectivity index (χ0v) is 26.1. The van der Waals surface area contributed by atoms with Gasteiger partial charge in [0, 0.05) is 76.1 Å². The molecule has 49 heavy (non-hydrogen) atoms. The maximum Gasteiger partial charge on any atom is 0.234 e. The van der Waals surface area contributed by atoms with Gasteiger partial charge in [0.15, 0.2) is 0 Å². The zero-order chi connectivity index (χ0) is 35.7. The average Bonchev–Trinajstić information content (AvgIpc) is 3.46. The minimum atomic E-state index is -2.24. The zero-order valence-electron chi connectivity index (χ0n) is 29.1. The maximum absolute atomic E-state index is 7.55. The van der Waals surface area contributed by atoms with Crippen LogP contribution in [-0.2, 0) is 0 Å². The summed E-state index contributed by atoms with van der Waals surface area (Å²) in [5.41, 5.74) is 2.87. The molecule has 0 amide bonds. The molecule has 0 radical (unpaired) electrons. The molecule has 0 saturated heterocycles. The standard InChI is InChI=1S/C40H29N5O4/c1-26-10-16-38(43-24-26)48-30-8-3-6-28(20-30)46-32-12-14-34-35-15-13-33(23-37(35)45(36(34)22-32)40-41-18-5-19-42-40)47-29-7-4-9-31(21-29)49-39-17-11-27(2)25-44-39/h3-25H,1-2H3/i1D3. The van der Waals surface area contributed by atoms with E-state index in [1.807, 2.05) is 90.4 Å². The third kappa shape index (κ3) is 6.45. The van der Waals surface area contributed by atoms with Crippen molar-refractivity contribution in [3.63, 3.8) is 0 Å². The van der Waals surface area contributed by atoms with Crippen LogP contribution in [0.5, 0.6) is 46.3 Å². The van der Waals surface area contributed by atoms with Crippen LogP contribution >= 0.6 is 0 Å². The summed E-state index contributed by atoms with van der Waals surface area (Å²) in [6.45, 7) is -0.263. The first-order valence-corrected chi connectivity index (χ1v) is 15.4. The number of aromatic nitrogens is 5. The molecule has 0 unspecified atom stereocenters. The minimum absolute atomic E-state index is 0.141. The lowest BCUT2D eigenvalue weighted by Crippen LogP contribution is -2.00. The average molecular weight is 647 g/mol. The van der Waals surface area contributed by atoms with Crippen molar-refractivity contribution in [1.82, 2.24) is 24.5 Å². The third-order valence-electron chi connectivity index (χ3n) is 7.61. The van der Waals surface area contributed by atoms with Crippen molar-refractivity contribution >= 4 is 21.8 Å². The number of fused-ring (bicyclic) bond motifs is 3. The van der Waals surface area contributed by atoms with Crippen molar-refractivity contribution in [2.75, 3.05) is 0 Å². The van der Waals surface area contributed by atoms with E-state index >= 15 is 0 Å². The Kier molecular flexibility index (Phi) is 6.89. The summed E-state index contributed by atoms with van der Waals surface area (Å²) in [6.07, 6.45) is 6.45. The van der Waals surface area contributed by atoms with Gasteiger partial charge in [-0.05, 0) is 79.5 Å². The largest absolute Gasteiger partial charge is 0.457 e. The first-order chi connectivity index (χ1) is 25.2. The van der Waals surface area contributed by atoms with Crippen LogP contribution in [0.1, 0.15) is 15.2 Å². The molecule has 0 aliphatic carbocycles. The number of hydrogen-bond acceptors (Lipinski definition) is 8. The molecule has 4 heterocycles. The Morgan fingerprint density at radius 1 is 0.490 bits per heavy atom. The second kappa shape index (κ2) is 12.8. The van der Waals surface area contributed by atoms with Gasteiger partial charge in [-0.25, -0.2) is 19.9 Å². The Bertz CT molecular complexity index is 2520. The van der Waals surface area contributed by atoms with Gasteiger partial charge < -0.3 is 18.9 Å². The molecule has 8 aromatic rings. The van der Waals surface area contributed by atoms with Gasteiger partial charge in [0.05, 0.1) is 11.0 Å². The van der Waals surface area contributed by atoms with Crippen LogP contribution in [-0.4, -0.2) is 24.5 Å². The Balaban J connectivity index is 1.09. The van der Waals surface area contributed by atoms with Crippen LogP contribution in [0.2, 0.25) is 0 Å². The predicted octanol–water partition coefficient (Wildman–Crippen LogP) is 10.1. The molecule has 0 aliphatic heterocycles. The minimum Gasteiger partial charge on any atom is -0.457 e. The highest BCUT2D eigenvalue weighted by Gasteiger charge is 2.17. The molecule has 0 bridgehead atoms. The van der Waals surface area contributed by atoms with E-state index < -0.39 is 6.85 Å². The Hall–Kier alpha value is -6.74. The van der Waals surface area contributed by atoms with E-state index in [-0.39, 0.29) is 11.4 Å². The fourth-order valence-corrected chi connectivity index (χ4v) is 5.40. The normalized spacial score (nSPS) is 12.2. The summed E-state index contributed by atoms with van der Waals surface area (Å²) in [5, 5.41) is 1.96. The highest BCUT2D eigenvalue weighted by Crippen LogP contribution is 2.38. The van der Waals surface area contributed by atoms with Crippen molar-refractivity contribution in [2.24, 2.45) is 0 Å². The van der Waals surface area contributed by atoms with Crippen molar-refractivity contribution in [3.05, 3.63) is 151 Å². The van der Waals surface area contributed by atoms with Crippen LogP contribution in [0.25, 0.3) is 27.8 Å². The molecule has 0 saturated carbocycles. The Morgan fingerprint density at radius 2 is 0.980 bits per heavy atom. The molecular weight excluding hydrogens is 614 g/mol. The fraction of sp³-hybridized carbons (Fsp3) is 0.0500. The fourth-order valence-electron chi connectivity index (χ4n) is 5.40. The lowest BCUT2D eigenvalue weighted by molar-refractivity contribution is 0.448. The summed E-state index contributed by atoms with van der Waals surface area (Å²) in [6, 6.07) is 34.8. The van der Waals surface area contributed by atoms with E-state index in [1.54, 1.807) is 42.9 Å². The number of hydrogen-bond donors (Lipinski definition) is 0. The first kappa shape index (κ1) is 26.3. The monoisotopic (exact) mass is 646 g/mol. The van der Waals surface area contributed by atoms with Gasteiger partial charge in [-0.2, -0.15) is 0 Å². The van der Waals surface area contributed by atoms with E-state index in [4.69, 9.17) is 23.1 Å². The van der Waals surface area contributed by atoms with Crippen LogP contribution < -0.4 is 18.9 Å². The Morgan fingerprint density at radius 3 is 1.47 bits per heavy atom. The first-order valence-electron chi connectivity index (χ1n) is 16.9. The van der Waals surface area contributed by atoms with E-state index in [2.05, 4.69) is 19.9 Å². The van der Waals surface area contributed by atoms with Gasteiger partial charge >= 0.3 is 0 Å². The van der Waals surface area contributed by atoms with E-state index in [9.17, 15) is 0 Å². The van der Waals surface area contributed by atoms with Crippen LogP contribution in [0.3, 0.4) is 0 Å². The number of ether oxygens (including phenoxy) is 4. The van der Waals surface area contributed by atoms with Crippen LogP contribution in [0.4, 0.5) is 0 Å². The summed E-state index contributed by atoms with van der Waals surface area (Å²) in [7, 11) is 0. The smallest absolute Gasteiger partial charge is 0.234 e. The van der Waals surface area contributed by atoms with Crippen molar-refractivity contribution in [3.8, 4) is 52.2 Å². The molecule has 4 aromatic heterocycles. The molecule has 9 heteroatoms. The molecule has 238 valence electrons. The molecule has 0 spiro atoms. The molecule has 9 nitrogen and oxygen atoms in total. The molecule has 0 fully saturated rings. The molecule has 0 N–H and O–H groups in total. The number of pyridine rings is 2. The topological polar surface area (TPSA) is 93.4 Å². The number of rotatable bonds is 9. The summed E-state index contributed by atoms with van der Waals surface area (Å²) >= 11 is 0. The van der Waals surface area contributed by atoms with Gasteiger partial charge in [-0.15, -0.1) is 0 Å². The van der Waals surface area contributed by atoms with Crippen molar-refractivity contribution in [1.29, 1.82) is 0 Å². The molecule has 0 atom stereocenters. The van der Waals surface area contributed by atoms with Crippen molar-refractivity contribution in [2.45, 2.75) is 13.8 Å². The predicted molar refractivity (Wildman–Crippen MR) is 187 cm³/mol. The molecular formula is C40H29N5O4. The Labute approximate surface area is 286 Å². The quantitative estimate of drug-likeness (QED) is 0.153. The van der Waals surface area contributed by atoms with Crippen molar-refractivity contribution < 1.29 is 23.1 Å². The molecule has 8 rings (SSSR count). The molecule has 0 aliphatic rings. The van der Waals surface area contributed by atoms with Gasteiger partial charge in [-0.1, -0.05) is 24.3 Å². The lowest BCUT2D eigenvalue weighted by Gasteiger charge is -2.10. The maximum atomic E-state index is 7.55. The number of nitrogens with zero attached hydrogens (tertiary/aromatic N) is 5. The second-order valence-corrected chi connectivity index (χ2v) is 11.2. The summed E-state index contributed by atoms with van der Waals surface area (Å²) in [4.78, 5) is 17.6. The summed E-state index contributed by atoms with van der Waals surface area (Å²) < 4.78 is 49.1. The van der Waals surface area contributed by atoms with Crippen LogP contribution in [0, 0.1) is 13.8 Å². The van der Waals surface area contributed by atoms with Gasteiger partial charge in [0.2, 0.25) is 17.7 Å². The van der Waals surface area contributed by atoms with Gasteiger partial charge in [0.25, 0.3) is 0 Å². The molecule has 4 aromatic carbocycles. The highest BCUT2D eigenvalue weighted by atomic mass is 16.5.